The van der Waals surface area contributed by atoms with Gasteiger partial charge in [-0.2, -0.15) is 5.10 Å². The van der Waals surface area contributed by atoms with Gasteiger partial charge in [-0.15, -0.1) is 0 Å². The Morgan fingerprint density at radius 2 is 1.90 bits per heavy atom. The summed E-state index contributed by atoms with van der Waals surface area (Å²) in [5.74, 6) is -1.72. The van der Waals surface area contributed by atoms with Gasteiger partial charge in [0.1, 0.15) is 23.4 Å². The molecule has 1 saturated heterocycles. The summed E-state index contributed by atoms with van der Waals surface area (Å²) in [4.78, 5) is 14.2. The van der Waals surface area contributed by atoms with Gasteiger partial charge in [-0.3, -0.25) is 0 Å². The summed E-state index contributed by atoms with van der Waals surface area (Å²) < 4.78 is 47.0. The van der Waals surface area contributed by atoms with Crippen molar-refractivity contribution in [2.24, 2.45) is 0 Å². The summed E-state index contributed by atoms with van der Waals surface area (Å²) in [7, 11) is 0. The number of nitrogens with one attached hydrogen (secondary N) is 1. The molecule has 1 aliphatic heterocycles. The molecule has 9 heteroatoms. The van der Waals surface area contributed by atoms with E-state index in [0.717, 1.165) is 17.7 Å². The van der Waals surface area contributed by atoms with Gasteiger partial charge in [0.25, 0.3) is 0 Å². The van der Waals surface area contributed by atoms with Crippen molar-refractivity contribution >= 4 is 6.03 Å². The molecule has 1 unspecified atom stereocenters. The summed E-state index contributed by atoms with van der Waals surface area (Å²) >= 11 is 0. The smallest absolute Gasteiger partial charge is 0.317 e. The Morgan fingerprint density at radius 1 is 1.13 bits per heavy atom. The predicted molar refractivity (Wildman–Crippen MR) is 102 cm³/mol. The molecular formula is C21H19F3N4O2. The molecule has 1 fully saturated rings. The number of ether oxygens (including phenoxy) is 1. The van der Waals surface area contributed by atoms with Crippen LogP contribution in [0, 0.1) is 17.5 Å². The highest BCUT2D eigenvalue weighted by atomic mass is 19.1. The van der Waals surface area contributed by atoms with Gasteiger partial charge in [-0.1, -0.05) is 12.1 Å². The van der Waals surface area contributed by atoms with Crippen molar-refractivity contribution in [1.29, 1.82) is 0 Å². The van der Waals surface area contributed by atoms with Crippen LogP contribution in [-0.4, -0.2) is 40.4 Å². The fourth-order valence-electron chi connectivity index (χ4n) is 3.25. The Labute approximate surface area is 170 Å². The fourth-order valence-corrected chi connectivity index (χ4v) is 3.25. The number of halogens is 3. The summed E-state index contributed by atoms with van der Waals surface area (Å²) in [6.07, 6.45) is 2.75. The number of nitrogens with zero attached hydrogens (tertiary/aromatic N) is 3. The lowest BCUT2D eigenvalue weighted by Crippen LogP contribution is -2.46. The number of hydrogen-bond acceptors (Lipinski definition) is 3. The molecule has 1 aromatic heterocycles. The van der Waals surface area contributed by atoms with Gasteiger partial charge in [-0.05, 0) is 29.8 Å². The molecule has 30 heavy (non-hydrogen) atoms. The first-order valence-corrected chi connectivity index (χ1v) is 9.38. The first-order valence-electron chi connectivity index (χ1n) is 9.38. The second kappa shape index (κ2) is 8.58. The molecule has 2 amide bonds. The van der Waals surface area contributed by atoms with Crippen molar-refractivity contribution < 1.29 is 22.7 Å². The average Bonchev–Trinajstić information content (AvgIpc) is 3.21. The Hall–Kier alpha value is -3.33. The number of morpholine rings is 1. The third-order valence-corrected chi connectivity index (χ3v) is 4.83. The van der Waals surface area contributed by atoms with Crippen molar-refractivity contribution in [3.63, 3.8) is 0 Å². The molecule has 0 spiro atoms. The molecule has 0 aliphatic carbocycles. The van der Waals surface area contributed by atoms with Gasteiger partial charge >= 0.3 is 6.03 Å². The van der Waals surface area contributed by atoms with E-state index in [4.69, 9.17) is 4.74 Å². The summed E-state index contributed by atoms with van der Waals surface area (Å²) in [5.41, 5.74) is 1.58. The number of carbonyl (C=O) groups is 1. The van der Waals surface area contributed by atoms with Crippen LogP contribution in [0.3, 0.4) is 0 Å². The first-order chi connectivity index (χ1) is 14.5. The lowest BCUT2D eigenvalue weighted by atomic mass is 10.1. The zero-order valence-corrected chi connectivity index (χ0v) is 15.9. The standard InChI is InChI=1S/C21H19F3N4O2/c22-16-3-1-15(2-4-16)20-13-27(7-8-30-20)21(29)25-10-14-11-26-28(12-14)19-6-5-17(23)9-18(19)24/h1-6,9,11-12,20H,7-8,10,13H2,(H,25,29). The number of amides is 2. The zero-order chi connectivity index (χ0) is 21.1. The van der Waals surface area contributed by atoms with Crippen molar-refractivity contribution in [3.05, 3.63) is 83.4 Å². The Balaban J connectivity index is 1.35. The predicted octanol–water partition coefficient (Wildman–Crippen LogP) is 3.57. The van der Waals surface area contributed by atoms with Gasteiger partial charge in [-0.25, -0.2) is 22.6 Å². The minimum absolute atomic E-state index is 0.115. The molecule has 2 heterocycles. The lowest BCUT2D eigenvalue weighted by Gasteiger charge is -2.33. The van der Waals surface area contributed by atoms with Gasteiger partial charge in [0, 0.05) is 30.9 Å². The lowest BCUT2D eigenvalue weighted by molar-refractivity contribution is -0.0155. The van der Waals surface area contributed by atoms with E-state index in [2.05, 4.69) is 10.4 Å². The highest BCUT2D eigenvalue weighted by molar-refractivity contribution is 5.74. The van der Waals surface area contributed by atoms with Gasteiger partial charge < -0.3 is 15.0 Å². The molecule has 156 valence electrons. The highest BCUT2D eigenvalue weighted by Gasteiger charge is 2.25. The maximum Gasteiger partial charge on any atom is 0.317 e. The van der Waals surface area contributed by atoms with Crippen LogP contribution < -0.4 is 5.32 Å². The minimum Gasteiger partial charge on any atom is -0.370 e. The number of aromatic nitrogens is 2. The molecule has 0 saturated carbocycles. The summed E-state index contributed by atoms with van der Waals surface area (Å²) in [5, 5.41) is 6.87. The molecule has 4 rings (SSSR count). The number of benzene rings is 2. The molecule has 3 aromatic rings. The van der Waals surface area contributed by atoms with Crippen LogP contribution in [0.2, 0.25) is 0 Å². The van der Waals surface area contributed by atoms with Crippen LogP contribution >= 0.6 is 0 Å². The fraction of sp³-hybridized carbons (Fsp3) is 0.238. The molecular weight excluding hydrogens is 397 g/mol. The van der Waals surface area contributed by atoms with Crippen molar-refractivity contribution in [1.82, 2.24) is 20.0 Å². The highest BCUT2D eigenvalue weighted by Crippen LogP contribution is 2.22. The van der Waals surface area contributed by atoms with Crippen LogP contribution in [0.5, 0.6) is 0 Å². The van der Waals surface area contributed by atoms with E-state index in [9.17, 15) is 18.0 Å². The molecule has 6 nitrogen and oxygen atoms in total. The average molecular weight is 416 g/mol. The molecule has 1 aliphatic rings. The minimum atomic E-state index is -0.728. The Morgan fingerprint density at radius 3 is 2.67 bits per heavy atom. The summed E-state index contributed by atoms with van der Waals surface area (Å²) in [6.45, 7) is 1.35. The van der Waals surface area contributed by atoms with Crippen LogP contribution in [0.15, 0.2) is 54.9 Å². The number of rotatable bonds is 4. The van der Waals surface area contributed by atoms with Crippen LogP contribution in [0.4, 0.5) is 18.0 Å². The number of urea groups is 1. The van der Waals surface area contributed by atoms with E-state index < -0.39 is 11.6 Å². The third kappa shape index (κ3) is 4.46. The van der Waals surface area contributed by atoms with Gasteiger partial charge in [0.15, 0.2) is 5.82 Å². The van der Waals surface area contributed by atoms with Crippen LogP contribution in [0.1, 0.15) is 17.2 Å². The molecule has 2 aromatic carbocycles. The normalized spacial score (nSPS) is 16.5. The van der Waals surface area contributed by atoms with E-state index in [1.165, 1.54) is 29.1 Å². The van der Waals surface area contributed by atoms with Crippen LogP contribution in [-0.2, 0) is 11.3 Å². The van der Waals surface area contributed by atoms with E-state index in [0.29, 0.717) is 25.3 Å². The maximum atomic E-state index is 13.9. The Kier molecular flexibility index (Phi) is 5.71. The molecule has 1 atom stereocenters. The van der Waals surface area contributed by atoms with E-state index in [1.807, 2.05) is 0 Å². The van der Waals surface area contributed by atoms with E-state index in [-0.39, 0.29) is 30.2 Å². The van der Waals surface area contributed by atoms with E-state index in [1.54, 1.807) is 23.2 Å². The van der Waals surface area contributed by atoms with Crippen molar-refractivity contribution in [2.45, 2.75) is 12.6 Å². The number of carbonyl (C=O) groups excluding carboxylic acids is 1. The third-order valence-electron chi connectivity index (χ3n) is 4.83. The van der Waals surface area contributed by atoms with Gasteiger partial charge in [0.2, 0.25) is 0 Å². The topological polar surface area (TPSA) is 59.4 Å². The number of hydrogen-bond donors (Lipinski definition) is 1. The zero-order valence-electron chi connectivity index (χ0n) is 15.9. The van der Waals surface area contributed by atoms with Crippen molar-refractivity contribution in [2.75, 3.05) is 19.7 Å². The monoisotopic (exact) mass is 416 g/mol. The Bertz CT molecular complexity index is 1040. The first kappa shape index (κ1) is 20.0. The largest absolute Gasteiger partial charge is 0.370 e. The molecule has 1 N–H and O–H groups in total. The summed E-state index contributed by atoms with van der Waals surface area (Å²) in [6, 6.07) is 8.97. The van der Waals surface area contributed by atoms with Gasteiger partial charge in [0.05, 0.1) is 19.3 Å². The quantitative estimate of drug-likeness (QED) is 0.708. The second-order valence-electron chi connectivity index (χ2n) is 6.90. The molecule has 0 radical (unpaired) electrons. The SMILES string of the molecule is O=C(NCc1cnn(-c2ccc(F)cc2F)c1)N1CCOC(c2ccc(F)cc2)C1. The maximum absolute atomic E-state index is 13.9. The van der Waals surface area contributed by atoms with Crippen LogP contribution in [0.25, 0.3) is 5.69 Å². The van der Waals surface area contributed by atoms with E-state index >= 15 is 0 Å². The molecule has 0 bridgehead atoms. The van der Waals surface area contributed by atoms with Crippen molar-refractivity contribution in [3.8, 4) is 5.69 Å². The second-order valence-corrected chi connectivity index (χ2v) is 6.90.